The van der Waals surface area contributed by atoms with Crippen LogP contribution in [0.2, 0.25) is 0 Å². The molecule has 0 radical (unpaired) electrons. The standard InChI is InChI=1S/C37H59N3/c1-25(2)31-21-15-22-32(26(3)4)35(31)38-37(39-36-33(27(5)6)23-16-24-34(36)28(7)8)40(29-17-11-9-12-18-29)30-19-13-10-14-20-30/h15-16,21-30,37-39H,9-14,17-20H2,1-8H3. The van der Waals surface area contributed by atoms with Gasteiger partial charge in [-0.2, -0.15) is 0 Å². The highest BCUT2D eigenvalue weighted by molar-refractivity contribution is 5.64. The summed E-state index contributed by atoms with van der Waals surface area (Å²) in [6.45, 7) is 18.8. The SMILES string of the molecule is CC(C)c1cccc(C(C)C)c1NC(Nc1c(C(C)C)cccc1C(C)C)N(C1CCCCC1)C1CCCCC1. The predicted octanol–water partition coefficient (Wildman–Crippen LogP) is 11.0. The number of rotatable bonds is 11. The van der Waals surface area contributed by atoms with Gasteiger partial charge in [-0.15, -0.1) is 0 Å². The number of nitrogens with zero attached hydrogens (tertiary/aromatic N) is 1. The molecule has 2 aliphatic rings. The molecule has 2 aliphatic carbocycles. The number of nitrogens with one attached hydrogen (secondary N) is 2. The molecule has 4 rings (SSSR count). The van der Waals surface area contributed by atoms with Crippen LogP contribution in [0.25, 0.3) is 0 Å². The fourth-order valence-corrected chi connectivity index (χ4v) is 7.37. The van der Waals surface area contributed by atoms with Gasteiger partial charge in [-0.25, -0.2) is 0 Å². The molecule has 3 nitrogen and oxygen atoms in total. The highest BCUT2D eigenvalue weighted by Gasteiger charge is 2.36. The fourth-order valence-electron chi connectivity index (χ4n) is 7.37. The molecule has 0 unspecified atom stereocenters. The van der Waals surface area contributed by atoms with Crippen molar-refractivity contribution in [2.75, 3.05) is 10.6 Å². The van der Waals surface area contributed by atoms with Crippen LogP contribution in [0, 0.1) is 0 Å². The van der Waals surface area contributed by atoms with Gasteiger partial charge in [0.05, 0.1) is 0 Å². The molecule has 2 aromatic carbocycles. The summed E-state index contributed by atoms with van der Waals surface area (Å²) in [6.07, 6.45) is 13.6. The molecule has 0 bridgehead atoms. The smallest absolute Gasteiger partial charge is 0.156 e. The summed E-state index contributed by atoms with van der Waals surface area (Å²) in [5.41, 5.74) is 8.46. The number of anilines is 2. The first kappa shape index (κ1) is 30.9. The molecule has 0 amide bonds. The summed E-state index contributed by atoms with van der Waals surface area (Å²) in [6, 6.07) is 15.2. The first-order valence-corrected chi connectivity index (χ1v) is 16.7. The molecule has 2 N–H and O–H groups in total. The van der Waals surface area contributed by atoms with Crippen LogP contribution in [0.4, 0.5) is 11.4 Å². The molecule has 0 spiro atoms. The quantitative estimate of drug-likeness (QED) is 0.275. The maximum atomic E-state index is 4.27. The van der Waals surface area contributed by atoms with E-state index in [1.54, 1.807) is 0 Å². The lowest BCUT2D eigenvalue weighted by Gasteiger charge is -2.47. The number of hydrogen-bond acceptors (Lipinski definition) is 3. The van der Waals surface area contributed by atoms with Gasteiger partial charge in [-0.1, -0.05) is 130 Å². The summed E-state index contributed by atoms with van der Waals surface area (Å²) in [4.78, 5) is 2.95. The third-order valence-electron chi connectivity index (χ3n) is 9.60. The summed E-state index contributed by atoms with van der Waals surface area (Å²) in [7, 11) is 0. The van der Waals surface area contributed by atoms with Crippen LogP contribution in [0.5, 0.6) is 0 Å². The van der Waals surface area contributed by atoms with Gasteiger partial charge in [0.25, 0.3) is 0 Å². The Morgan fingerprint density at radius 2 is 0.800 bits per heavy atom. The van der Waals surface area contributed by atoms with Crippen LogP contribution in [0.3, 0.4) is 0 Å². The summed E-state index contributed by atoms with van der Waals surface area (Å²) < 4.78 is 0. The van der Waals surface area contributed by atoms with Crippen LogP contribution in [-0.4, -0.2) is 23.3 Å². The van der Waals surface area contributed by atoms with Crippen molar-refractivity contribution in [2.24, 2.45) is 0 Å². The van der Waals surface area contributed by atoms with E-state index in [0.717, 1.165) is 0 Å². The molecule has 0 aliphatic heterocycles. The third kappa shape index (κ3) is 7.25. The first-order valence-electron chi connectivity index (χ1n) is 16.7. The number of para-hydroxylation sites is 2. The van der Waals surface area contributed by atoms with E-state index in [-0.39, 0.29) is 6.29 Å². The molecule has 222 valence electrons. The Morgan fingerprint density at radius 3 is 1.07 bits per heavy atom. The summed E-state index contributed by atoms with van der Waals surface area (Å²) in [5.74, 6) is 1.87. The Bertz CT molecular complexity index is 921. The van der Waals surface area contributed by atoms with Crippen LogP contribution in [0.15, 0.2) is 36.4 Å². The predicted molar refractivity (Wildman–Crippen MR) is 176 cm³/mol. The van der Waals surface area contributed by atoms with E-state index < -0.39 is 0 Å². The Balaban J connectivity index is 1.88. The maximum absolute atomic E-state index is 4.27. The van der Waals surface area contributed by atoms with Gasteiger partial charge < -0.3 is 10.6 Å². The molecule has 2 fully saturated rings. The van der Waals surface area contributed by atoms with E-state index in [0.29, 0.717) is 35.8 Å². The molecule has 0 heterocycles. The Kier molecular flexibility index (Phi) is 11.0. The normalized spacial score (nSPS) is 17.6. The third-order valence-corrected chi connectivity index (χ3v) is 9.60. The first-order chi connectivity index (χ1) is 19.2. The monoisotopic (exact) mass is 545 g/mol. The molecule has 0 aromatic heterocycles. The zero-order valence-electron chi connectivity index (χ0n) is 27.0. The molecule has 40 heavy (non-hydrogen) atoms. The average molecular weight is 546 g/mol. The van der Waals surface area contributed by atoms with Crippen molar-refractivity contribution in [2.45, 2.75) is 162 Å². The van der Waals surface area contributed by atoms with Crippen LogP contribution < -0.4 is 10.6 Å². The van der Waals surface area contributed by atoms with E-state index in [4.69, 9.17) is 0 Å². The molecule has 2 saturated carbocycles. The van der Waals surface area contributed by atoms with Crippen molar-refractivity contribution in [1.82, 2.24) is 4.90 Å². The van der Waals surface area contributed by atoms with E-state index in [2.05, 4.69) is 107 Å². The highest BCUT2D eigenvalue weighted by atomic mass is 15.4. The van der Waals surface area contributed by atoms with Gasteiger partial charge >= 0.3 is 0 Å². The molecule has 0 saturated heterocycles. The Hall–Kier alpha value is -2.00. The minimum atomic E-state index is 0.0565. The molecule has 3 heteroatoms. The van der Waals surface area contributed by atoms with Gasteiger partial charge in [-0.05, 0) is 71.6 Å². The van der Waals surface area contributed by atoms with Gasteiger partial charge in [-0.3, -0.25) is 4.90 Å². The lowest BCUT2D eigenvalue weighted by molar-refractivity contribution is 0.0575. The van der Waals surface area contributed by atoms with Gasteiger partial charge in [0.2, 0.25) is 0 Å². The Labute approximate surface area is 246 Å². The minimum Gasteiger partial charge on any atom is -0.352 e. The largest absolute Gasteiger partial charge is 0.352 e. The highest BCUT2D eigenvalue weighted by Crippen LogP contribution is 2.39. The van der Waals surface area contributed by atoms with Crippen molar-refractivity contribution >= 4 is 11.4 Å². The Morgan fingerprint density at radius 1 is 0.500 bits per heavy atom. The van der Waals surface area contributed by atoms with Crippen molar-refractivity contribution in [1.29, 1.82) is 0 Å². The molecule has 0 atom stereocenters. The van der Waals surface area contributed by atoms with E-state index >= 15 is 0 Å². The number of benzene rings is 2. The lowest BCUT2D eigenvalue weighted by atomic mass is 9.88. The summed E-state index contributed by atoms with van der Waals surface area (Å²) >= 11 is 0. The van der Waals surface area contributed by atoms with Crippen molar-refractivity contribution in [3.05, 3.63) is 58.7 Å². The minimum absolute atomic E-state index is 0.0565. The maximum Gasteiger partial charge on any atom is 0.156 e. The van der Waals surface area contributed by atoms with Crippen LogP contribution >= 0.6 is 0 Å². The van der Waals surface area contributed by atoms with Crippen molar-refractivity contribution < 1.29 is 0 Å². The topological polar surface area (TPSA) is 27.3 Å². The average Bonchev–Trinajstić information content (AvgIpc) is 2.94. The molecular weight excluding hydrogens is 486 g/mol. The lowest BCUT2D eigenvalue weighted by Crippen LogP contribution is -2.57. The second-order valence-corrected chi connectivity index (χ2v) is 14.0. The van der Waals surface area contributed by atoms with Crippen molar-refractivity contribution in [3.63, 3.8) is 0 Å². The number of hydrogen-bond donors (Lipinski definition) is 2. The zero-order chi connectivity index (χ0) is 28.8. The van der Waals surface area contributed by atoms with E-state index in [1.165, 1.54) is 97.8 Å². The van der Waals surface area contributed by atoms with Crippen molar-refractivity contribution in [3.8, 4) is 0 Å². The molecular formula is C37H59N3. The van der Waals surface area contributed by atoms with Gasteiger partial charge in [0.1, 0.15) is 0 Å². The van der Waals surface area contributed by atoms with Gasteiger partial charge in [0, 0.05) is 23.5 Å². The zero-order valence-corrected chi connectivity index (χ0v) is 27.0. The molecule has 2 aromatic rings. The van der Waals surface area contributed by atoms with Crippen LogP contribution in [0.1, 0.15) is 166 Å². The second-order valence-electron chi connectivity index (χ2n) is 14.0. The fraction of sp³-hybridized carbons (Fsp3) is 0.676. The van der Waals surface area contributed by atoms with Crippen LogP contribution in [-0.2, 0) is 0 Å². The van der Waals surface area contributed by atoms with E-state index in [1.807, 2.05) is 0 Å². The van der Waals surface area contributed by atoms with E-state index in [9.17, 15) is 0 Å². The second kappa shape index (κ2) is 14.3. The summed E-state index contributed by atoms with van der Waals surface area (Å²) in [5, 5.41) is 8.54. The van der Waals surface area contributed by atoms with Gasteiger partial charge in [0.15, 0.2) is 6.29 Å².